The number of rotatable bonds is 1. The fraction of sp³-hybridized carbons (Fsp3) is 0.200. The van der Waals surface area contributed by atoms with E-state index in [0.29, 0.717) is 22.4 Å². The Balaban J connectivity index is 2.64. The summed E-state index contributed by atoms with van der Waals surface area (Å²) in [6.45, 7) is 1.91. The Morgan fingerprint density at radius 3 is 2.69 bits per heavy atom. The second-order valence-electron chi connectivity index (χ2n) is 3.36. The van der Waals surface area contributed by atoms with Crippen LogP contribution in [0.15, 0.2) is 17.3 Å². The SMILES string of the molecule is Cc1ccc(C#N)nc1-c1nnc(S)n1C. The van der Waals surface area contributed by atoms with Crippen LogP contribution in [-0.2, 0) is 7.05 Å². The largest absolute Gasteiger partial charge is 0.304 e. The molecule has 0 saturated carbocycles. The third-order valence-electron chi connectivity index (χ3n) is 2.28. The van der Waals surface area contributed by atoms with Gasteiger partial charge in [0.05, 0.1) is 0 Å². The molecule has 0 N–H and O–H groups in total. The predicted octanol–water partition coefficient (Wildman–Crippen LogP) is 1.35. The maximum absolute atomic E-state index is 8.80. The van der Waals surface area contributed by atoms with Crippen LogP contribution in [0.25, 0.3) is 11.5 Å². The van der Waals surface area contributed by atoms with Gasteiger partial charge in [-0.2, -0.15) is 5.26 Å². The average Bonchev–Trinajstić information content (AvgIpc) is 2.61. The molecule has 0 atom stereocenters. The molecule has 0 amide bonds. The lowest BCUT2D eigenvalue weighted by atomic mass is 10.2. The van der Waals surface area contributed by atoms with Crippen LogP contribution < -0.4 is 0 Å². The van der Waals surface area contributed by atoms with Gasteiger partial charge in [-0.15, -0.1) is 22.8 Å². The number of hydrogen-bond donors (Lipinski definition) is 1. The molecule has 0 radical (unpaired) electrons. The van der Waals surface area contributed by atoms with Gasteiger partial charge in [-0.25, -0.2) is 4.98 Å². The van der Waals surface area contributed by atoms with Crippen LogP contribution in [0.3, 0.4) is 0 Å². The molecule has 2 aromatic rings. The van der Waals surface area contributed by atoms with Gasteiger partial charge >= 0.3 is 0 Å². The van der Waals surface area contributed by atoms with Crippen molar-refractivity contribution in [3.05, 3.63) is 23.4 Å². The minimum Gasteiger partial charge on any atom is -0.304 e. The van der Waals surface area contributed by atoms with Gasteiger partial charge in [0.1, 0.15) is 17.5 Å². The van der Waals surface area contributed by atoms with Gasteiger partial charge in [0.25, 0.3) is 0 Å². The molecule has 2 rings (SSSR count). The van der Waals surface area contributed by atoms with Crippen LogP contribution in [-0.4, -0.2) is 19.7 Å². The van der Waals surface area contributed by atoms with E-state index in [1.165, 1.54) is 0 Å². The zero-order chi connectivity index (χ0) is 11.7. The van der Waals surface area contributed by atoms with E-state index in [4.69, 9.17) is 5.26 Å². The summed E-state index contributed by atoms with van der Waals surface area (Å²) in [5, 5.41) is 17.1. The van der Waals surface area contributed by atoms with Crippen LogP contribution >= 0.6 is 12.6 Å². The summed E-state index contributed by atoms with van der Waals surface area (Å²) in [6.07, 6.45) is 0. The van der Waals surface area contributed by atoms with Gasteiger partial charge in [0, 0.05) is 7.05 Å². The first kappa shape index (κ1) is 10.6. The summed E-state index contributed by atoms with van der Waals surface area (Å²) < 4.78 is 1.72. The van der Waals surface area contributed by atoms with Crippen LogP contribution in [0.4, 0.5) is 0 Å². The summed E-state index contributed by atoms with van der Waals surface area (Å²) in [5.74, 6) is 0.611. The van der Waals surface area contributed by atoms with Gasteiger partial charge in [0.15, 0.2) is 11.0 Å². The van der Waals surface area contributed by atoms with Crippen LogP contribution in [0.5, 0.6) is 0 Å². The summed E-state index contributed by atoms with van der Waals surface area (Å²) in [6, 6.07) is 5.52. The van der Waals surface area contributed by atoms with Gasteiger partial charge < -0.3 is 4.57 Å². The Hall–Kier alpha value is -1.87. The van der Waals surface area contributed by atoms with Crippen molar-refractivity contribution in [1.29, 1.82) is 5.26 Å². The zero-order valence-electron chi connectivity index (χ0n) is 8.84. The fourth-order valence-corrected chi connectivity index (χ4v) is 1.48. The molecule has 0 fully saturated rings. The first-order valence-electron chi connectivity index (χ1n) is 4.60. The highest BCUT2D eigenvalue weighted by molar-refractivity contribution is 7.80. The number of nitrogens with zero attached hydrogens (tertiary/aromatic N) is 5. The highest BCUT2D eigenvalue weighted by Gasteiger charge is 2.12. The number of aryl methyl sites for hydroxylation is 1. The van der Waals surface area contributed by atoms with Crippen molar-refractivity contribution in [2.75, 3.05) is 0 Å². The lowest BCUT2D eigenvalue weighted by Crippen LogP contribution is -1.99. The van der Waals surface area contributed by atoms with E-state index in [1.54, 1.807) is 17.7 Å². The maximum atomic E-state index is 8.80. The van der Waals surface area contributed by atoms with Crippen molar-refractivity contribution < 1.29 is 0 Å². The Labute approximate surface area is 98.2 Å². The number of pyridine rings is 1. The molecule has 0 aliphatic rings. The minimum absolute atomic E-state index is 0.365. The van der Waals surface area contributed by atoms with E-state index in [0.717, 1.165) is 5.56 Å². The topological polar surface area (TPSA) is 67.4 Å². The standard InChI is InChI=1S/C10H9N5S/c1-6-3-4-7(5-11)12-8(6)9-13-14-10(16)15(9)2/h3-4H,1-2H3,(H,14,16). The van der Waals surface area contributed by atoms with Crippen molar-refractivity contribution >= 4 is 12.6 Å². The second-order valence-corrected chi connectivity index (χ2v) is 3.76. The van der Waals surface area contributed by atoms with Gasteiger partial charge in [-0.3, -0.25) is 0 Å². The Morgan fingerprint density at radius 2 is 2.12 bits per heavy atom. The molecule has 0 aliphatic carbocycles. The third-order valence-corrected chi connectivity index (χ3v) is 2.66. The van der Waals surface area contributed by atoms with Crippen molar-refractivity contribution in [2.45, 2.75) is 12.1 Å². The van der Waals surface area contributed by atoms with E-state index in [2.05, 4.69) is 27.8 Å². The molecule has 16 heavy (non-hydrogen) atoms. The Bertz CT molecular complexity index is 581. The van der Waals surface area contributed by atoms with E-state index in [9.17, 15) is 0 Å². The quantitative estimate of drug-likeness (QED) is 0.752. The average molecular weight is 231 g/mol. The van der Waals surface area contributed by atoms with Gasteiger partial charge in [-0.05, 0) is 18.6 Å². The molecular weight excluding hydrogens is 222 g/mol. The lowest BCUT2D eigenvalue weighted by molar-refractivity contribution is 0.795. The molecule has 2 heterocycles. The molecule has 6 heteroatoms. The van der Waals surface area contributed by atoms with Gasteiger partial charge in [-0.1, -0.05) is 6.07 Å². The number of aromatic nitrogens is 4. The van der Waals surface area contributed by atoms with E-state index in [-0.39, 0.29) is 0 Å². The van der Waals surface area contributed by atoms with E-state index < -0.39 is 0 Å². The fourth-order valence-electron chi connectivity index (χ4n) is 1.34. The molecule has 0 bridgehead atoms. The van der Waals surface area contributed by atoms with Crippen LogP contribution in [0, 0.1) is 18.3 Å². The second kappa shape index (κ2) is 3.94. The molecule has 0 unspecified atom stereocenters. The summed E-state index contributed by atoms with van der Waals surface area (Å²) in [7, 11) is 1.80. The number of thiol groups is 1. The molecule has 0 aliphatic heterocycles. The maximum Gasteiger partial charge on any atom is 0.188 e. The lowest BCUT2D eigenvalue weighted by Gasteiger charge is -2.04. The molecule has 0 spiro atoms. The molecule has 0 aromatic carbocycles. The molecule has 2 aromatic heterocycles. The smallest absolute Gasteiger partial charge is 0.188 e. The Morgan fingerprint density at radius 1 is 1.38 bits per heavy atom. The normalized spacial score (nSPS) is 10.1. The van der Waals surface area contributed by atoms with E-state index >= 15 is 0 Å². The minimum atomic E-state index is 0.365. The highest BCUT2D eigenvalue weighted by atomic mass is 32.1. The Kier molecular flexibility index (Phi) is 2.62. The van der Waals surface area contributed by atoms with Crippen molar-refractivity contribution in [1.82, 2.24) is 19.7 Å². The van der Waals surface area contributed by atoms with Crippen molar-refractivity contribution in [3.8, 4) is 17.6 Å². The van der Waals surface area contributed by atoms with Crippen molar-refractivity contribution in [3.63, 3.8) is 0 Å². The van der Waals surface area contributed by atoms with Crippen molar-refractivity contribution in [2.24, 2.45) is 7.05 Å². The predicted molar refractivity (Wildman–Crippen MR) is 60.9 cm³/mol. The molecule has 5 nitrogen and oxygen atoms in total. The number of hydrogen-bond acceptors (Lipinski definition) is 5. The van der Waals surface area contributed by atoms with Crippen LogP contribution in [0.1, 0.15) is 11.3 Å². The third kappa shape index (κ3) is 1.66. The zero-order valence-corrected chi connectivity index (χ0v) is 9.73. The molecule has 80 valence electrons. The van der Waals surface area contributed by atoms with Gasteiger partial charge in [0.2, 0.25) is 0 Å². The first-order valence-corrected chi connectivity index (χ1v) is 5.04. The highest BCUT2D eigenvalue weighted by Crippen LogP contribution is 2.20. The first-order chi connectivity index (χ1) is 7.63. The van der Waals surface area contributed by atoms with Crippen LogP contribution in [0.2, 0.25) is 0 Å². The number of nitriles is 1. The monoisotopic (exact) mass is 231 g/mol. The molecular formula is C10H9N5S. The summed E-state index contributed by atoms with van der Waals surface area (Å²) in [4.78, 5) is 4.22. The summed E-state index contributed by atoms with van der Waals surface area (Å²) in [5.41, 5.74) is 1.97. The van der Waals surface area contributed by atoms with E-state index in [1.807, 2.05) is 19.1 Å². The summed E-state index contributed by atoms with van der Waals surface area (Å²) >= 11 is 4.15. The molecule has 0 saturated heterocycles.